The van der Waals surface area contributed by atoms with E-state index >= 15 is 0 Å². The van der Waals surface area contributed by atoms with E-state index < -0.39 is 5.97 Å². The Kier molecular flexibility index (Phi) is 4.06. The third-order valence-corrected chi connectivity index (χ3v) is 3.10. The molecule has 0 bridgehead atoms. The van der Waals surface area contributed by atoms with E-state index in [0.29, 0.717) is 0 Å². The molecule has 5 nitrogen and oxygen atoms in total. The molecular formula is C14H17NO4. The molecule has 0 N–H and O–H groups in total. The molecule has 0 aliphatic rings. The van der Waals surface area contributed by atoms with E-state index in [0.717, 1.165) is 17.9 Å². The van der Waals surface area contributed by atoms with Crippen LogP contribution in [0.4, 0.5) is 0 Å². The molecule has 2 aromatic heterocycles. The highest BCUT2D eigenvalue weighted by Gasteiger charge is 2.18. The molecule has 0 aromatic carbocycles. The summed E-state index contributed by atoms with van der Waals surface area (Å²) in [6, 6.07) is 5.39. The lowest BCUT2D eigenvalue weighted by atomic mass is 10.2. The van der Waals surface area contributed by atoms with Gasteiger partial charge in [-0.25, -0.2) is 4.79 Å². The van der Waals surface area contributed by atoms with Gasteiger partial charge in [0.05, 0.1) is 25.7 Å². The van der Waals surface area contributed by atoms with Gasteiger partial charge in [0.1, 0.15) is 5.76 Å². The van der Waals surface area contributed by atoms with Gasteiger partial charge in [-0.15, -0.1) is 0 Å². The minimum Gasteiger partial charge on any atom is -0.472 e. The number of furan rings is 2. The third kappa shape index (κ3) is 3.06. The summed E-state index contributed by atoms with van der Waals surface area (Å²) in [6.45, 7) is 2.76. The van der Waals surface area contributed by atoms with Gasteiger partial charge in [-0.2, -0.15) is 0 Å². The minimum absolute atomic E-state index is 0.0494. The number of carbonyl (C=O) groups is 1. The number of rotatable bonds is 5. The number of methoxy groups -OCH3 is 1. The van der Waals surface area contributed by atoms with Gasteiger partial charge in [-0.3, -0.25) is 4.90 Å². The lowest BCUT2D eigenvalue weighted by Gasteiger charge is -2.22. The van der Waals surface area contributed by atoms with Crippen molar-refractivity contribution in [1.82, 2.24) is 4.90 Å². The maximum atomic E-state index is 11.3. The molecule has 0 aliphatic heterocycles. The van der Waals surface area contributed by atoms with Crippen LogP contribution in [0.5, 0.6) is 0 Å². The number of carbonyl (C=O) groups excluding carboxylic acids is 1. The lowest BCUT2D eigenvalue weighted by molar-refractivity contribution is 0.0559. The summed E-state index contributed by atoms with van der Waals surface area (Å²) in [5, 5.41) is 0. The average Bonchev–Trinajstić information content (AvgIpc) is 3.07. The molecule has 2 rings (SSSR count). The molecule has 0 fully saturated rings. The Hall–Kier alpha value is -2.01. The van der Waals surface area contributed by atoms with E-state index in [1.807, 2.05) is 20.0 Å². The second-order valence-electron chi connectivity index (χ2n) is 4.42. The summed E-state index contributed by atoms with van der Waals surface area (Å²) in [7, 11) is 3.32. The first-order valence-electron chi connectivity index (χ1n) is 6.01. The number of ether oxygens (including phenoxy) is 1. The molecule has 0 amide bonds. The SMILES string of the molecule is COC(=O)c1ccc(C(C)N(C)Cc2ccoc2)o1. The van der Waals surface area contributed by atoms with Gasteiger partial charge in [0.15, 0.2) is 0 Å². The highest BCUT2D eigenvalue weighted by atomic mass is 16.5. The molecule has 2 heterocycles. The van der Waals surface area contributed by atoms with E-state index in [1.165, 1.54) is 7.11 Å². The van der Waals surface area contributed by atoms with Gasteiger partial charge >= 0.3 is 5.97 Å². The van der Waals surface area contributed by atoms with E-state index in [1.54, 1.807) is 24.7 Å². The van der Waals surface area contributed by atoms with Crippen molar-refractivity contribution in [3.05, 3.63) is 47.8 Å². The number of esters is 1. The van der Waals surface area contributed by atoms with Crippen molar-refractivity contribution in [1.29, 1.82) is 0 Å². The van der Waals surface area contributed by atoms with Crippen molar-refractivity contribution in [2.24, 2.45) is 0 Å². The van der Waals surface area contributed by atoms with Crippen LogP contribution < -0.4 is 0 Å². The van der Waals surface area contributed by atoms with Crippen LogP contribution in [0, 0.1) is 0 Å². The zero-order chi connectivity index (χ0) is 13.8. The fraction of sp³-hybridized carbons (Fsp3) is 0.357. The second-order valence-corrected chi connectivity index (χ2v) is 4.42. The molecule has 2 aromatic rings. The first-order valence-corrected chi connectivity index (χ1v) is 6.01. The zero-order valence-electron chi connectivity index (χ0n) is 11.3. The molecule has 0 aliphatic carbocycles. The highest BCUT2D eigenvalue weighted by molar-refractivity contribution is 5.86. The Morgan fingerprint density at radius 1 is 1.42 bits per heavy atom. The second kappa shape index (κ2) is 5.75. The molecule has 5 heteroatoms. The summed E-state index contributed by atoms with van der Waals surface area (Å²) in [5.74, 6) is 0.489. The van der Waals surface area contributed by atoms with Gasteiger partial charge in [0.2, 0.25) is 5.76 Å². The zero-order valence-corrected chi connectivity index (χ0v) is 11.3. The van der Waals surface area contributed by atoms with Crippen molar-refractivity contribution in [3.63, 3.8) is 0 Å². The monoisotopic (exact) mass is 263 g/mol. The van der Waals surface area contributed by atoms with E-state index in [4.69, 9.17) is 8.83 Å². The van der Waals surface area contributed by atoms with Crippen molar-refractivity contribution in [3.8, 4) is 0 Å². The Balaban J connectivity index is 2.04. The summed E-state index contributed by atoms with van der Waals surface area (Å²) in [4.78, 5) is 13.4. The minimum atomic E-state index is -0.462. The molecule has 19 heavy (non-hydrogen) atoms. The predicted molar refractivity (Wildman–Crippen MR) is 68.6 cm³/mol. The number of hydrogen-bond donors (Lipinski definition) is 0. The van der Waals surface area contributed by atoms with Crippen molar-refractivity contribution < 1.29 is 18.4 Å². The lowest BCUT2D eigenvalue weighted by Crippen LogP contribution is -2.21. The first kappa shape index (κ1) is 13.4. The summed E-state index contributed by atoms with van der Waals surface area (Å²) < 4.78 is 15.2. The molecule has 0 spiro atoms. The van der Waals surface area contributed by atoms with Crippen LogP contribution in [-0.4, -0.2) is 25.0 Å². The maximum absolute atomic E-state index is 11.3. The number of nitrogens with zero attached hydrogens (tertiary/aromatic N) is 1. The fourth-order valence-electron chi connectivity index (χ4n) is 1.81. The topological polar surface area (TPSA) is 55.8 Å². The molecule has 0 radical (unpaired) electrons. The smallest absolute Gasteiger partial charge is 0.373 e. The molecule has 102 valence electrons. The first-order chi connectivity index (χ1) is 9.11. The van der Waals surface area contributed by atoms with Crippen LogP contribution in [0.2, 0.25) is 0 Å². The van der Waals surface area contributed by atoms with Gasteiger partial charge in [0.25, 0.3) is 0 Å². The van der Waals surface area contributed by atoms with Crippen LogP contribution in [0.1, 0.15) is 34.8 Å². The van der Waals surface area contributed by atoms with E-state index in [9.17, 15) is 4.79 Å². The van der Waals surface area contributed by atoms with Crippen molar-refractivity contribution in [2.75, 3.05) is 14.2 Å². The highest BCUT2D eigenvalue weighted by Crippen LogP contribution is 2.23. The average molecular weight is 263 g/mol. The summed E-state index contributed by atoms with van der Waals surface area (Å²) in [5.41, 5.74) is 1.09. The van der Waals surface area contributed by atoms with Crippen molar-refractivity contribution in [2.45, 2.75) is 19.5 Å². The predicted octanol–water partition coefficient (Wildman–Crippen LogP) is 2.85. The van der Waals surface area contributed by atoms with Gasteiger partial charge in [-0.05, 0) is 32.2 Å². The van der Waals surface area contributed by atoms with E-state index in [-0.39, 0.29) is 11.8 Å². The normalized spacial score (nSPS) is 12.6. The Labute approximate surface area is 111 Å². The van der Waals surface area contributed by atoms with Crippen LogP contribution in [0.25, 0.3) is 0 Å². The maximum Gasteiger partial charge on any atom is 0.373 e. The largest absolute Gasteiger partial charge is 0.472 e. The number of hydrogen-bond acceptors (Lipinski definition) is 5. The standard InChI is InChI=1S/C14H17NO4/c1-10(15(2)8-11-6-7-18-9-11)12-4-5-13(19-12)14(16)17-3/h4-7,9-10H,8H2,1-3H3. The summed E-state index contributed by atoms with van der Waals surface area (Å²) >= 11 is 0. The Morgan fingerprint density at radius 2 is 2.21 bits per heavy atom. The Bertz CT molecular complexity index is 529. The Morgan fingerprint density at radius 3 is 2.84 bits per heavy atom. The van der Waals surface area contributed by atoms with Crippen LogP contribution in [0.3, 0.4) is 0 Å². The van der Waals surface area contributed by atoms with Crippen LogP contribution in [0.15, 0.2) is 39.6 Å². The van der Waals surface area contributed by atoms with Gasteiger partial charge in [0, 0.05) is 12.1 Å². The molecule has 0 saturated carbocycles. The fourth-order valence-corrected chi connectivity index (χ4v) is 1.81. The molecule has 1 unspecified atom stereocenters. The van der Waals surface area contributed by atoms with Crippen LogP contribution >= 0.6 is 0 Å². The molecule has 0 saturated heterocycles. The van der Waals surface area contributed by atoms with Gasteiger partial charge < -0.3 is 13.6 Å². The van der Waals surface area contributed by atoms with E-state index in [2.05, 4.69) is 9.64 Å². The van der Waals surface area contributed by atoms with Gasteiger partial charge in [-0.1, -0.05) is 0 Å². The van der Waals surface area contributed by atoms with Crippen molar-refractivity contribution >= 4 is 5.97 Å². The summed E-state index contributed by atoms with van der Waals surface area (Å²) in [6.07, 6.45) is 3.36. The third-order valence-electron chi connectivity index (χ3n) is 3.10. The molecular weight excluding hydrogens is 246 g/mol. The quantitative estimate of drug-likeness (QED) is 0.776. The van der Waals surface area contributed by atoms with Crippen LogP contribution in [-0.2, 0) is 11.3 Å². The molecule has 1 atom stereocenters.